The predicted octanol–water partition coefficient (Wildman–Crippen LogP) is 1.28. The van der Waals surface area contributed by atoms with E-state index in [9.17, 15) is 9.59 Å². The van der Waals surface area contributed by atoms with Crippen molar-refractivity contribution in [3.63, 3.8) is 0 Å². The lowest BCUT2D eigenvalue weighted by atomic mass is 10.1. The third kappa shape index (κ3) is 2.97. The monoisotopic (exact) mass is 138 g/mol. The van der Waals surface area contributed by atoms with Crippen LogP contribution in [0.2, 0.25) is 0 Å². The van der Waals surface area contributed by atoms with Crippen molar-refractivity contribution < 1.29 is 9.59 Å². The Morgan fingerprint density at radius 2 is 1.20 bits per heavy atom. The van der Waals surface area contributed by atoms with Crippen LogP contribution in [0.3, 0.4) is 0 Å². The minimum absolute atomic E-state index is 0.706. The second-order valence-electron chi connectivity index (χ2n) is 1.97. The molecule has 0 spiro atoms. The van der Waals surface area contributed by atoms with Crippen LogP contribution in [0.5, 0.6) is 0 Å². The van der Waals surface area contributed by atoms with Gasteiger partial charge in [0.2, 0.25) is 0 Å². The lowest BCUT2D eigenvalue weighted by molar-refractivity contribution is -0.105. The van der Waals surface area contributed by atoms with Gasteiger partial charge in [-0.05, 0) is 37.1 Å². The van der Waals surface area contributed by atoms with Crippen LogP contribution < -0.4 is 0 Å². The van der Waals surface area contributed by atoms with Gasteiger partial charge >= 0.3 is 0 Å². The van der Waals surface area contributed by atoms with Gasteiger partial charge < -0.3 is 0 Å². The van der Waals surface area contributed by atoms with Gasteiger partial charge in [0.1, 0.15) is 12.6 Å². The fraction of sp³-hybridized carbons (Fsp3) is 0.250. The van der Waals surface area contributed by atoms with Crippen LogP contribution in [0.1, 0.15) is 13.8 Å². The maximum atomic E-state index is 9.93. The van der Waals surface area contributed by atoms with Gasteiger partial charge in [-0.25, -0.2) is 0 Å². The summed E-state index contributed by atoms with van der Waals surface area (Å²) in [6.07, 6.45) is 4.26. The largest absolute Gasteiger partial charge is 0.299 e. The first-order valence-electron chi connectivity index (χ1n) is 2.97. The first-order valence-corrected chi connectivity index (χ1v) is 2.97. The van der Waals surface area contributed by atoms with Crippen LogP contribution in [0.15, 0.2) is 23.3 Å². The van der Waals surface area contributed by atoms with E-state index in [0.29, 0.717) is 12.6 Å². The van der Waals surface area contributed by atoms with E-state index < -0.39 is 0 Å². The molecule has 0 saturated carbocycles. The molecule has 0 radical (unpaired) electrons. The van der Waals surface area contributed by atoms with Crippen LogP contribution in [-0.4, -0.2) is 12.6 Å². The van der Waals surface area contributed by atoms with Crippen LogP contribution in [0.25, 0.3) is 0 Å². The van der Waals surface area contributed by atoms with Crippen molar-refractivity contribution in [3.8, 4) is 0 Å². The van der Waals surface area contributed by atoms with E-state index in [1.807, 2.05) is 0 Å². The van der Waals surface area contributed by atoms with Crippen molar-refractivity contribution in [3.05, 3.63) is 23.3 Å². The van der Waals surface area contributed by atoms with E-state index in [4.69, 9.17) is 0 Å². The minimum Gasteiger partial charge on any atom is -0.299 e. The molecule has 2 heteroatoms. The molecule has 0 bridgehead atoms. The molecule has 54 valence electrons. The Bertz CT molecular complexity index is 165. The Kier molecular flexibility index (Phi) is 4.12. The summed E-state index contributed by atoms with van der Waals surface area (Å²) < 4.78 is 0. The third-order valence-electron chi connectivity index (χ3n) is 1.26. The number of aldehydes is 2. The van der Waals surface area contributed by atoms with E-state index >= 15 is 0 Å². The highest BCUT2D eigenvalue weighted by molar-refractivity contribution is 5.71. The summed E-state index contributed by atoms with van der Waals surface area (Å²) in [6, 6.07) is 0. The van der Waals surface area contributed by atoms with Gasteiger partial charge in [0.15, 0.2) is 0 Å². The normalized spacial score (nSPS) is 13.0. The van der Waals surface area contributed by atoms with E-state index in [-0.39, 0.29) is 0 Å². The molecule has 0 aromatic heterocycles. The molecular weight excluding hydrogens is 128 g/mol. The Labute approximate surface area is 60.2 Å². The van der Waals surface area contributed by atoms with Crippen LogP contribution in [0.4, 0.5) is 0 Å². The van der Waals surface area contributed by atoms with Gasteiger partial charge in [-0.15, -0.1) is 0 Å². The highest BCUT2D eigenvalue weighted by atomic mass is 16.1. The summed E-state index contributed by atoms with van der Waals surface area (Å²) in [5, 5.41) is 0. The topological polar surface area (TPSA) is 34.1 Å². The van der Waals surface area contributed by atoms with E-state index in [1.165, 1.54) is 12.2 Å². The maximum absolute atomic E-state index is 9.93. The molecule has 0 aliphatic rings. The molecule has 0 fully saturated rings. The molecule has 0 saturated heterocycles. The summed E-state index contributed by atoms with van der Waals surface area (Å²) in [6.45, 7) is 3.56. The molecule has 0 rings (SSSR count). The van der Waals surface area contributed by atoms with Crippen molar-refractivity contribution in [2.24, 2.45) is 0 Å². The van der Waals surface area contributed by atoms with Crippen LogP contribution in [0, 0.1) is 0 Å². The number of hydrogen-bond acceptors (Lipinski definition) is 2. The van der Waals surface area contributed by atoms with Crippen molar-refractivity contribution in [1.29, 1.82) is 0 Å². The molecule has 0 N–H and O–H groups in total. The number of rotatable bonds is 3. The van der Waals surface area contributed by atoms with Gasteiger partial charge in [0.25, 0.3) is 0 Å². The Morgan fingerprint density at radius 3 is 1.40 bits per heavy atom. The highest BCUT2D eigenvalue weighted by Crippen LogP contribution is 2.04. The summed E-state index contributed by atoms with van der Waals surface area (Å²) in [4.78, 5) is 19.9. The third-order valence-corrected chi connectivity index (χ3v) is 1.26. The molecule has 0 amide bonds. The zero-order valence-electron chi connectivity index (χ0n) is 6.13. The lowest BCUT2D eigenvalue weighted by Gasteiger charge is -1.94. The Balaban J connectivity index is 4.33. The van der Waals surface area contributed by atoms with Crippen molar-refractivity contribution in [2.45, 2.75) is 13.8 Å². The number of allylic oxidation sites excluding steroid dienone is 4. The minimum atomic E-state index is 0.706. The molecule has 10 heavy (non-hydrogen) atoms. The first kappa shape index (κ1) is 8.82. The van der Waals surface area contributed by atoms with Crippen molar-refractivity contribution >= 4 is 12.6 Å². The molecule has 0 heterocycles. The van der Waals surface area contributed by atoms with Gasteiger partial charge in [0.05, 0.1) is 0 Å². The SMILES string of the molecule is CC(=CC=O)C(C)=CC=O. The quantitative estimate of drug-likeness (QED) is 0.334. The molecule has 0 aromatic carbocycles. The molecule has 2 nitrogen and oxygen atoms in total. The summed E-state index contributed by atoms with van der Waals surface area (Å²) in [7, 11) is 0. The molecule has 0 aliphatic carbocycles. The number of carbonyl (C=O) groups is 2. The average Bonchev–Trinajstić information content (AvgIpc) is 1.89. The molecule has 0 unspecified atom stereocenters. The standard InChI is InChI=1S/C8H10O2/c1-7(3-5-9)8(2)4-6-10/h3-6H,1-2H3. The van der Waals surface area contributed by atoms with Gasteiger partial charge in [-0.1, -0.05) is 0 Å². The van der Waals surface area contributed by atoms with Crippen LogP contribution >= 0.6 is 0 Å². The number of hydrogen-bond donors (Lipinski definition) is 0. The second kappa shape index (κ2) is 4.68. The number of carbonyl (C=O) groups excluding carboxylic acids is 2. The lowest BCUT2D eigenvalue weighted by Crippen LogP contribution is -1.80. The smallest absolute Gasteiger partial charge is 0.143 e. The molecule has 0 aliphatic heterocycles. The van der Waals surface area contributed by atoms with Crippen molar-refractivity contribution in [1.82, 2.24) is 0 Å². The van der Waals surface area contributed by atoms with Gasteiger partial charge in [0, 0.05) is 0 Å². The van der Waals surface area contributed by atoms with Gasteiger partial charge in [-0.3, -0.25) is 9.59 Å². The molecule has 0 atom stereocenters. The highest BCUT2D eigenvalue weighted by Gasteiger charge is 1.88. The first-order chi connectivity index (χ1) is 4.72. The zero-order chi connectivity index (χ0) is 7.98. The van der Waals surface area contributed by atoms with E-state index in [1.54, 1.807) is 13.8 Å². The van der Waals surface area contributed by atoms with E-state index in [0.717, 1.165) is 11.1 Å². The van der Waals surface area contributed by atoms with Crippen LogP contribution in [-0.2, 0) is 9.59 Å². The Hall–Kier alpha value is -1.18. The maximum Gasteiger partial charge on any atom is 0.143 e. The summed E-state index contributed by atoms with van der Waals surface area (Å²) in [5.74, 6) is 0. The zero-order valence-corrected chi connectivity index (χ0v) is 6.13. The fourth-order valence-electron chi connectivity index (χ4n) is 0.467. The van der Waals surface area contributed by atoms with Crippen molar-refractivity contribution in [2.75, 3.05) is 0 Å². The molecule has 0 aromatic rings. The Morgan fingerprint density at radius 1 is 0.900 bits per heavy atom. The fourth-order valence-corrected chi connectivity index (χ4v) is 0.467. The summed E-state index contributed by atoms with van der Waals surface area (Å²) in [5.41, 5.74) is 1.64. The van der Waals surface area contributed by atoms with E-state index in [2.05, 4.69) is 0 Å². The average molecular weight is 138 g/mol. The second-order valence-corrected chi connectivity index (χ2v) is 1.97. The summed E-state index contributed by atoms with van der Waals surface area (Å²) >= 11 is 0. The molecular formula is C8H10O2. The van der Waals surface area contributed by atoms with Gasteiger partial charge in [-0.2, -0.15) is 0 Å². The predicted molar refractivity (Wildman–Crippen MR) is 39.6 cm³/mol.